The molecule has 146 valence electrons. The molecule has 0 saturated heterocycles. The molecule has 0 aliphatic heterocycles. The van der Waals surface area contributed by atoms with Gasteiger partial charge in [-0.25, -0.2) is 0 Å². The van der Waals surface area contributed by atoms with Gasteiger partial charge in [0.2, 0.25) is 5.91 Å². The van der Waals surface area contributed by atoms with Crippen LogP contribution in [0.4, 0.5) is 5.69 Å². The van der Waals surface area contributed by atoms with Crippen molar-refractivity contribution >= 4 is 40.0 Å². The molecule has 0 spiro atoms. The smallest absolute Gasteiger partial charge is 0.224 e. The number of hydrogen-bond donors (Lipinski definition) is 2. The molecule has 3 aromatic rings. The second-order valence-corrected chi connectivity index (χ2v) is 8.17. The molecular formula is C23H26N2O2S. The van der Waals surface area contributed by atoms with Gasteiger partial charge in [-0.15, -0.1) is 0 Å². The molecule has 1 amide bonds. The molecule has 1 heterocycles. The molecule has 0 unspecified atom stereocenters. The number of aromatic nitrogens is 1. The zero-order valence-corrected chi connectivity index (χ0v) is 17.4. The fourth-order valence-electron chi connectivity index (χ4n) is 3.42. The summed E-state index contributed by atoms with van der Waals surface area (Å²) in [5.74, 6) is 1.38. The highest BCUT2D eigenvalue weighted by Crippen LogP contribution is 2.24. The lowest BCUT2D eigenvalue weighted by molar-refractivity contribution is -0.116. The number of H-pyrrole nitrogens is 1. The van der Waals surface area contributed by atoms with E-state index in [0.29, 0.717) is 12.2 Å². The van der Waals surface area contributed by atoms with Crippen molar-refractivity contribution < 1.29 is 9.59 Å². The summed E-state index contributed by atoms with van der Waals surface area (Å²) in [7, 11) is 0. The first-order valence-corrected chi connectivity index (χ1v) is 10.7. The second kappa shape index (κ2) is 9.11. The zero-order chi connectivity index (χ0) is 20.1. The molecule has 0 aliphatic rings. The number of anilines is 1. The molecule has 2 aromatic carbocycles. The summed E-state index contributed by atoms with van der Waals surface area (Å²) in [6, 6.07) is 13.9. The van der Waals surface area contributed by atoms with Crippen LogP contribution in [0.5, 0.6) is 0 Å². The summed E-state index contributed by atoms with van der Waals surface area (Å²) in [6.45, 7) is 5.93. The van der Waals surface area contributed by atoms with Crippen molar-refractivity contribution in [2.24, 2.45) is 0 Å². The zero-order valence-electron chi connectivity index (χ0n) is 16.6. The molecule has 28 heavy (non-hydrogen) atoms. The first-order valence-electron chi connectivity index (χ1n) is 9.51. The molecule has 0 aliphatic carbocycles. The minimum absolute atomic E-state index is 0.0248. The monoisotopic (exact) mass is 394 g/mol. The molecule has 0 atom stereocenters. The van der Waals surface area contributed by atoms with Gasteiger partial charge in [-0.3, -0.25) is 9.59 Å². The third kappa shape index (κ3) is 4.65. The van der Waals surface area contributed by atoms with Crippen molar-refractivity contribution in [3.8, 4) is 0 Å². The molecule has 0 bridgehead atoms. The maximum Gasteiger partial charge on any atom is 0.224 e. The Balaban J connectivity index is 1.45. The Morgan fingerprint density at radius 2 is 1.71 bits per heavy atom. The van der Waals surface area contributed by atoms with Crippen LogP contribution in [0.2, 0.25) is 0 Å². The number of aromatic amines is 1. The average Bonchev–Trinajstić information content (AvgIpc) is 3.00. The Kier molecular flexibility index (Phi) is 6.57. The number of carbonyl (C=O) groups is 2. The van der Waals surface area contributed by atoms with Gasteiger partial charge in [0.15, 0.2) is 5.78 Å². The highest BCUT2D eigenvalue weighted by molar-refractivity contribution is 7.99. The largest absolute Gasteiger partial charge is 0.358 e. The first kappa shape index (κ1) is 20.2. The van der Waals surface area contributed by atoms with Gasteiger partial charge < -0.3 is 10.3 Å². The van der Waals surface area contributed by atoms with Gasteiger partial charge in [0, 0.05) is 34.3 Å². The summed E-state index contributed by atoms with van der Waals surface area (Å²) >= 11 is 1.59. The Morgan fingerprint density at radius 3 is 2.46 bits per heavy atom. The fourth-order valence-corrected chi connectivity index (χ4v) is 4.24. The number of Topliss-reactive ketones (excluding diaryl/α,β-unsaturated/α-hetero) is 1. The molecule has 4 nitrogen and oxygen atoms in total. The SMILES string of the molecule is Cc1cccc(C)c1NC(=O)CCCSCC(=O)c1c(C)[nH]c2ccccc12. The molecule has 0 saturated carbocycles. The molecule has 3 rings (SSSR count). The van der Waals surface area contributed by atoms with E-state index in [1.54, 1.807) is 11.8 Å². The number of nitrogens with one attached hydrogen (secondary N) is 2. The van der Waals surface area contributed by atoms with Gasteiger partial charge in [0.05, 0.1) is 5.75 Å². The maximum atomic E-state index is 12.6. The van der Waals surface area contributed by atoms with Crippen LogP contribution >= 0.6 is 11.8 Å². The first-order chi connectivity index (χ1) is 13.5. The van der Waals surface area contributed by atoms with E-state index in [1.165, 1.54) is 0 Å². The van der Waals surface area contributed by atoms with Crippen molar-refractivity contribution in [2.75, 3.05) is 16.8 Å². The van der Waals surface area contributed by atoms with Gasteiger partial charge in [-0.05, 0) is 50.1 Å². The van der Waals surface area contributed by atoms with Crippen molar-refractivity contribution in [3.05, 3.63) is 64.8 Å². The van der Waals surface area contributed by atoms with Crippen LogP contribution in [0.1, 0.15) is 40.0 Å². The number of rotatable bonds is 8. The lowest BCUT2D eigenvalue weighted by Crippen LogP contribution is -2.13. The van der Waals surface area contributed by atoms with E-state index < -0.39 is 0 Å². The number of ketones is 1. The van der Waals surface area contributed by atoms with E-state index in [2.05, 4.69) is 10.3 Å². The minimum Gasteiger partial charge on any atom is -0.358 e. The minimum atomic E-state index is 0.0248. The predicted octanol–water partition coefficient (Wildman–Crippen LogP) is 5.43. The Bertz CT molecular complexity index is 987. The fraction of sp³-hybridized carbons (Fsp3) is 0.304. The lowest BCUT2D eigenvalue weighted by Gasteiger charge is -2.11. The Morgan fingerprint density at radius 1 is 1.00 bits per heavy atom. The van der Waals surface area contributed by atoms with Crippen LogP contribution in [-0.4, -0.2) is 28.2 Å². The summed E-state index contributed by atoms with van der Waals surface area (Å²) in [5.41, 5.74) is 5.75. The third-order valence-corrected chi connectivity index (χ3v) is 5.89. The third-order valence-electron chi connectivity index (χ3n) is 4.84. The van der Waals surface area contributed by atoms with Crippen LogP contribution in [0, 0.1) is 20.8 Å². The topological polar surface area (TPSA) is 62.0 Å². The molecule has 0 fully saturated rings. The van der Waals surface area contributed by atoms with Crippen molar-refractivity contribution in [1.82, 2.24) is 4.98 Å². The van der Waals surface area contributed by atoms with Crippen LogP contribution < -0.4 is 5.32 Å². The summed E-state index contributed by atoms with van der Waals surface area (Å²) in [5, 5.41) is 3.99. The van der Waals surface area contributed by atoms with Gasteiger partial charge in [-0.2, -0.15) is 11.8 Å². The summed E-state index contributed by atoms with van der Waals surface area (Å²) < 4.78 is 0. The lowest BCUT2D eigenvalue weighted by atomic mass is 10.1. The number of aryl methyl sites for hydroxylation is 3. The van der Waals surface area contributed by atoms with E-state index in [9.17, 15) is 9.59 Å². The molecule has 1 aromatic heterocycles. The highest BCUT2D eigenvalue weighted by atomic mass is 32.2. The normalized spacial score (nSPS) is 11.0. The number of fused-ring (bicyclic) bond motifs is 1. The van der Waals surface area contributed by atoms with Crippen LogP contribution in [-0.2, 0) is 4.79 Å². The average molecular weight is 395 g/mol. The molecule has 5 heteroatoms. The number of hydrogen-bond acceptors (Lipinski definition) is 3. The van der Waals surface area contributed by atoms with Crippen molar-refractivity contribution in [1.29, 1.82) is 0 Å². The van der Waals surface area contributed by atoms with Gasteiger partial charge in [0.25, 0.3) is 0 Å². The standard InChI is InChI=1S/C23H26N2O2S/c1-15-8-6-9-16(2)23(15)25-21(27)12-7-13-28-14-20(26)22-17(3)24-19-11-5-4-10-18(19)22/h4-6,8-11,24H,7,12-14H2,1-3H3,(H,25,27). The number of carbonyl (C=O) groups excluding carboxylic acids is 2. The number of amides is 1. The van der Waals surface area contributed by atoms with Gasteiger partial charge in [0.1, 0.15) is 0 Å². The second-order valence-electron chi connectivity index (χ2n) is 7.06. The molecular weight excluding hydrogens is 368 g/mol. The Labute approximate surface area is 170 Å². The van der Waals surface area contributed by atoms with Crippen molar-refractivity contribution in [3.63, 3.8) is 0 Å². The van der Waals surface area contributed by atoms with E-state index >= 15 is 0 Å². The van der Waals surface area contributed by atoms with E-state index in [4.69, 9.17) is 0 Å². The summed E-state index contributed by atoms with van der Waals surface area (Å²) in [4.78, 5) is 28.1. The predicted molar refractivity (Wildman–Crippen MR) is 118 cm³/mol. The molecule has 2 N–H and O–H groups in total. The van der Waals surface area contributed by atoms with E-state index in [1.807, 2.05) is 63.2 Å². The van der Waals surface area contributed by atoms with Crippen LogP contribution in [0.15, 0.2) is 42.5 Å². The van der Waals surface area contributed by atoms with Gasteiger partial charge in [-0.1, -0.05) is 36.4 Å². The van der Waals surface area contributed by atoms with Crippen LogP contribution in [0.25, 0.3) is 10.9 Å². The number of thioether (sulfide) groups is 1. The van der Waals surface area contributed by atoms with Crippen LogP contribution in [0.3, 0.4) is 0 Å². The van der Waals surface area contributed by atoms with Crippen molar-refractivity contribution in [2.45, 2.75) is 33.6 Å². The van der Waals surface area contributed by atoms with E-state index in [-0.39, 0.29) is 11.7 Å². The Hall–Kier alpha value is -2.53. The maximum absolute atomic E-state index is 12.6. The highest BCUT2D eigenvalue weighted by Gasteiger charge is 2.15. The summed E-state index contributed by atoms with van der Waals surface area (Å²) in [6.07, 6.45) is 1.21. The number of benzene rings is 2. The molecule has 0 radical (unpaired) electrons. The quantitative estimate of drug-likeness (QED) is 0.396. The van der Waals surface area contributed by atoms with Gasteiger partial charge >= 0.3 is 0 Å². The van der Waals surface area contributed by atoms with E-state index in [0.717, 1.165) is 51.1 Å². The number of para-hydroxylation sites is 2.